The summed E-state index contributed by atoms with van der Waals surface area (Å²) in [6.45, 7) is 3.92. The Hall–Kier alpha value is -1.80. The molecule has 0 spiro atoms. The van der Waals surface area contributed by atoms with E-state index in [0.717, 1.165) is 11.7 Å². The van der Waals surface area contributed by atoms with E-state index in [0.29, 0.717) is 32.7 Å². The molecular formula is C16H28N4O3S. The van der Waals surface area contributed by atoms with Crippen molar-refractivity contribution in [2.45, 2.75) is 13.3 Å². The highest BCUT2D eigenvalue weighted by atomic mass is 32.2. The van der Waals surface area contributed by atoms with E-state index in [1.54, 1.807) is 14.0 Å². The largest absolute Gasteiger partial charge is 0.492 e. The van der Waals surface area contributed by atoms with Gasteiger partial charge in [-0.3, -0.25) is 4.99 Å². The van der Waals surface area contributed by atoms with Crippen LogP contribution in [-0.2, 0) is 10.0 Å². The van der Waals surface area contributed by atoms with E-state index in [-0.39, 0.29) is 5.75 Å². The van der Waals surface area contributed by atoms with Gasteiger partial charge >= 0.3 is 0 Å². The highest BCUT2D eigenvalue weighted by Crippen LogP contribution is 2.07. The normalized spacial score (nSPS) is 12.0. The molecule has 1 aromatic carbocycles. The maximum atomic E-state index is 11.3. The molecule has 0 aliphatic rings. The fourth-order valence-corrected chi connectivity index (χ4v) is 2.59. The smallest absolute Gasteiger partial charge is 0.211 e. The molecule has 0 aliphatic heterocycles. The molecule has 8 heteroatoms. The third kappa shape index (κ3) is 8.16. The Kier molecular flexibility index (Phi) is 9.18. The summed E-state index contributed by atoms with van der Waals surface area (Å²) in [5.74, 6) is 1.70. The van der Waals surface area contributed by atoms with Crippen LogP contribution in [0.15, 0.2) is 35.3 Å². The van der Waals surface area contributed by atoms with E-state index in [2.05, 4.69) is 15.0 Å². The molecule has 0 aromatic heterocycles. The molecule has 2 N–H and O–H groups in total. The molecule has 0 atom stereocenters. The number of benzene rings is 1. The standard InChI is InChI=1S/C16H28N4O3S/c1-4-24(21,22)19-12-8-11-18-16(17-2)20(3)13-14-23-15-9-6-5-7-10-15/h5-7,9-10,19H,4,8,11-14H2,1-3H3,(H,17,18). The van der Waals surface area contributed by atoms with E-state index in [9.17, 15) is 8.42 Å². The van der Waals surface area contributed by atoms with Crippen molar-refractivity contribution in [2.75, 3.05) is 46.1 Å². The van der Waals surface area contributed by atoms with Crippen molar-refractivity contribution < 1.29 is 13.2 Å². The van der Waals surface area contributed by atoms with Crippen molar-refractivity contribution in [3.8, 4) is 5.75 Å². The second kappa shape index (κ2) is 10.9. The zero-order valence-corrected chi connectivity index (χ0v) is 15.5. The maximum absolute atomic E-state index is 11.3. The van der Waals surface area contributed by atoms with Gasteiger partial charge in [-0.1, -0.05) is 18.2 Å². The number of hydrogen-bond acceptors (Lipinski definition) is 4. The molecule has 24 heavy (non-hydrogen) atoms. The summed E-state index contributed by atoms with van der Waals surface area (Å²) in [6.07, 6.45) is 0.687. The molecule has 0 heterocycles. The first-order valence-electron chi connectivity index (χ1n) is 8.05. The average molecular weight is 356 g/mol. The Bertz CT molecular complexity index is 591. The highest BCUT2D eigenvalue weighted by Gasteiger charge is 2.07. The number of likely N-dealkylation sites (N-methyl/N-ethyl adjacent to an activating group) is 1. The number of sulfonamides is 1. The Morgan fingerprint density at radius 2 is 1.96 bits per heavy atom. The average Bonchev–Trinajstić information content (AvgIpc) is 2.59. The van der Waals surface area contributed by atoms with Crippen LogP contribution in [-0.4, -0.2) is 65.4 Å². The minimum Gasteiger partial charge on any atom is -0.492 e. The van der Waals surface area contributed by atoms with Gasteiger partial charge in [-0.25, -0.2) is 13.1 Å². The summed E-state index contributed by atoms with van der Waals surface area (Å²) in [6, 6.07) is 9.67. The van der Waals surface area contributed by atoms with E-state index in [1.807, 2.05) is 42.3 Å². The van der Waals surface area contributed by atoms with Crippen molar-refractivity contribution in [2.24, 2.45) is 4.99 Å². The Balaban J connectivity index is 2.23. The number of nitrogens with one attached hydrogen (secondary N) is 2. The molecule has 0 saturated carbocycles. The molecule has 1 aromatic rings. The van der Waals surface area contributed by atoms with Gasteiger partial charge in [-0.05, 0) is 25.5 Å². The van der Waals surface area contributed by atoms with E-state index < -0.39 is 10.0 Å². The van der Waals surface area contributed by atoms with E-state index in [1.165, 1.54) is 0 Å². The third-order valence-corrected chi connectivity index (χ3v) is 4.75. The molecule has 7 nitrogen and oxygen atoms in total. The first-order chi connectivity index (χ1) is 11.5. The van der Waals surface area contributed by atoms with Gasteiger partial charge in [-0.2, -0.15) is 0 Å². The first kappa shape index (κ1) is 20.2. The Morgan fingerprint density at radius 3 is 2.58 bits per heavy atom. The van der Waals surface area contributed by atoms with Crippen molar-refractivity contribution in [3.63, 3.8) is 0 Å². The Labute approximate surface area is 145 Å². The van der Waals surface area contributed by atoms with Gasteiger partial charge in [0.05, 0.1) is 12.3 Å². The van der Waals surface area contributed by atoms with Gasteiger partial charge in [0.25, 0.3) is 0 Å². The van der Waals surface area contributed by atoms with Gasteiger partial charge < -0.3 is 15.0 Å². The molecule has 0 amide bonds. The zero-order valence-electron chi connectivity index (χ0n) is 14.7. The van der Waals surface area contributed by atoms with Crippen LogP contribution in [0, 0.1) is 0 Å². The van der Waals surface area contributed by atoms with Crippen molar-refractivity contribution in [3.05, 3.63) is 30.3 Å². The summed E-state index contributed by atoms with van der Waals surface area (Å²) in [5, 5.41) is 3.21. The topological polar surface area (TPSA) is 83.0 Å². The van der Waals surface area contributed by atoms with Crippen molar-refractivity contribution >= 4 is 16.0 Å². The van der Waals surface area contributed by atoms with Gasteiger partial charge in [0.1, 0.15) is 12.4 Å². The molecule has 0 radical (unpaired) electrons. The fourth-order valence-electron chi connectivity index (χ4n) is 1.93. The predicted molar refractivity (Wildman–Crippen MR) is 98.0 cm³/mol. The van der Waals surface area contributed by atoms with Crippen molar-refractivity contribution in [1.29, 1.82) is 0 Å². The number of rotatable bonds is 10. The lowest BCUT2D eigenvalue weighted by Crippen LogP contribution is -2.41. The molecule has 136 valence electrons. The monoisotopic (exact) mass is 356 g/mol. The molecular weight excluding hydrogens is 328 g/mol. The van der Waals surface area contributed by atoms with Crippen LogP contribution < -0.4 is 14.8 Å². The summed E-state index contributed by atoms with van der Waals surface area (Å²) in [7, 11) is 0.537. The SMILES string of the molecule is CCS(=O)(=O)NCCCNC(=NC)N(C)CCOc1ccccc1. The van der Waals surface area contributed by atoms with Crippen LogP contribution in [0.4, 0.5) is 0 Å². The highest BCUT2D eigenvalue weighted by molar-refractivity contribution is 7.89. The molecule has 0 saturated heterocycles. The lowest BCUT2D eigenvalue weighted by atomic mass is 10.3. The van der Waals surface area contributed by atoms with E-state index >= 15 is 0 Å². The van der Waals surface area contributed by atoms with Gasteiger partial charge in [0.2, 0.25) is 10.0 Å². The lowest BCUT2D eigenvalue weighted by molar-refractivity contribution is 0.281. The van der Waals surface area contributed by atoms with Crippen LogP contribution >= 0.6 is 0 Å². The second-order valence-electron chi connectivity index (χ2n) is 5.21. The quantitative estimate of drug-likeness (QED) is 0.370. The van der Waals surface area contributed by atoms with Crippen LogP contribution in [0.5, 0.6) is 5.75 Å². The Morgan fingerprint density at radius 1 is 1.25 bits per heavy atom. The molecule has 0 unspecified atom stereocenters. The summed E-state index contributed by atoms with van der Waals surface area (Å²) in [5.41, 5.74) is 0. The molecule has 0 fully saturated rings. The van der Waals surface area contributed by atoms with Crippen LogP contribution in [0.2, 0.25) is 0 Å². The zero-order chi connectivity index (χ0) is 17.8. The number of guanidine groups is 1. The maximum Gasteiger partial charge on any atom is 0.211 e. The van der Waals surface area contributed by atoms with Gasteiger partial charge in [0, 0.05) is 27.2 Å². The van der Waals surface area contributed by atoms with Crippen LogP contribution in [0.25, 0.3) is 0 Å². The minimum absolute atomic E-state index is 0.103. The molecule has 1 rings (SSSR count). The minimum atomic E-state index is -3.12. The predicted octanol–water partition coefficient (Wildman–Crippen LogP) is 0.902. The van der Waals surface area contributed by atoms with Gasteiger partial charge in [-0.15, -0.1) is 0 Å². The van der Waals surface area contributed by atoms with Gasteiger partial charge in [0.15, 0.2) is 5.96 Å². The summed E-state index contributed by atoms with van der Waals surface area (Å²) < 4.78 is 30.8. The summed E-state index contributed by atoms with van der Waals surface area (Å²) in [4.78, 5) is 6.18. The molecule has 0 bridgehead atoms. The summed E-state index contributed by atoms with van der Waals surface area (Å²) >= 11 is 0. The first-order valence-corrected chi connectivity index (χ1v) is 9.70. The number of nitrogens with zero attached hydrogens (tertiary/aromatic N) is 2. The number of ether oxygens (including phenoxy) is 1. The second-order valence-corrected chi connectivity index (χ2v) is 7.30. The fraction of sp³-hybridized carbons (Fsp3) is 0.562. The van der Waals surface area contributed by atoms with Crippen molar-refractivity contribution in [1.82, 2.24) is 14.9 Å². The lowest BCUT2D eigenvalue weighted by Gasteiger charge is -2.22. The third-order valence-electron chi connectivity index (χ3n) is 3.35. The molecule has 0 aliphatic carbocycles. The number of aliphatic imine (C=N–C) groups is 1. The number of para-hydroxylation sites is 1. The van der Waals surface area contributed by atoms with Crippen LogP contribution in [0.1, 0.15) is 13.3 Å². The van der Waals surface area contributed by atoms with Crippen LogP contribution in [0.3, 0.4) is 0 Å². The van der Waals surface area contributed by atoms with E-state index in [4.69, 9.17) is 4.74 Å². The number of hydrogen-bond donors (Lipinski definition) is 2.